The molecule has 0 aliphatic carbocycles. The molecular weight excluding hydrogens is 245 g/mol. The zero-order valence-electron chi connectivity index (χ0n) is 10.4. The van der Waals surface area contributed by atoms with Crippen LogP contribution in [-0.2, 0) is 14.1 Å². The van der Waals surface area contributed by atoms with Crippen molar-refractivity contribution in [2.45, 2.75) is 31.5 Å². The summed E-state index contributed by atoms with van der Waals surface area (Å²) in [4.78, 5) is 10.8. The molecule has 2 atom stereocenters. The topological polar surface area (TPSA) is 79.6 Å². The summed E-state index contributed by atoms with van der Waals surface area (Å²) in [5.41, 5.74) is 0.834. The van der Waals surface area contributed by atoms with E-state index in [9.17, 15) is 4.79 Å². The van der Waals surface area contributed by atoms with Crippen LogP contribution in [-0.4, -0.2) is 30.4 Å². The van der Waals surface area contributed by atoms with Crippen LogP contribution >= 0.6 is 0 Å². The summed E-state index contributed by atoms with van der Waals surface area (Å²) in [5, 5.41) is 17.6. The first kappa shape index (κ1) is 13.6. The molecule has 0 bridgehead atoms. The third kappa shape index (κ3) is 3.81. The molecule has 1 aliphatic rings. The molecule has 0 radical (unpaired) electrons. The second-order valence-corrected chi connectivity index (χ2v) is 4.45. The van der Waals surface area contributed by atoms with E-state index in [0.717, 1.165) is 5.46 Å². The molecule has 0 saturated carbocycles. The zero-order valence-corrected chi connectivity index (χ0v) is 10.4. The van der Waals surface area contributed by atoms with Crippen molar-refractivity contribution in [1.82, 2.24) is 0 Å². The summed E-state index contributed by atoms with van der Waals surface area (Å²) < 4.78 is 11.3. The van der Waals surface area contributed by atoms with Crippen LogP contribution in [0.3, 0.4) is 0 Å². The Labute approximate surface area is 111 Å². The van der Waals surface area contributed by atoms with Gasteiger partial charge >= 0.3 is 13.1 Å². The van der Waals surface area contributed by atoms with Crippen LogP contribution in [0, 0.1) is 11.3 Å². The highest BCUT2D eigenvalue weighted by Crippen LogP contribution is 2.21. The lowest BCUT2D eigenvalue weighted by Gasteiger charge is -2.32. The van der Waals surface area contributed by atoms with Gasteiger partial charge in [-0.1, -0.05) is 30.3 Å². The van der Waals surface area contributed by atoms with E-state index >= 15 is 0 Å². The van der Waals surface area contributed by atoms with E-state index < -0.39 is 19.2 Å². The second kappa shape index (κ2) is 6.37. The van der Waals surface area contributed by atoms with Gasteiger partial charge in [0.25, 0.3) is 0 Å². The van der Waals surface area contributed by atoms with Crippen molar-refractivity contribution in [2.24, 2.45) is 0 Å². The fourth-order valence-corrected chi connectivity index (χ4v) is 2.11. The first-order chi connectivity index (χ1) is 9.19. The van der Waals surface area contributed by atoms with Gasteiger partial charge in [0.2, 0.25) is 0 Å². The lowest BCUT2D eigenvalue weighted by atomic mass is 9.76. The molecule has 98 valence electrons. The van der Waals surface area contributed by atoms with Crippen molar-refractivity contribution in [3.63, 3.8) is 0 Å². The molecule has 0 amide bonds. The molecule has 1 fully saturated rings. The minimum atomic E-state index is -0.908. The molecular formula is C13H14BNO4. The van der Waals surface area contributed by atoms with E-state index in [4.69, 9.17) is 19.7 Å². The van der Waals surface area contributed by atoms with Gasteiger partial charge in [-0.05, 0) is 11.9 Å². The zero-order chi connectivity index (χ0) is 13.7. The summed E-state index contributed by atoms with van der Waals surface area (Å²) in [6.07, 6.45) is -0.108. The molecule has 6 heteroatoms. The number of carboxylic acids is 1. The fourth-order valence-electron chi connectivity index (χ4n) is 2.11. The second-order valence-electron chi connectivity index (χ2n) is 4.45. The third-order valence-corrected chi connectivity index (χ3v) is 2.95. The quantitative estimate of drug-likeness (QED) is 0.814. The van der Waals surface area contributed by atoms with Crippen LogP contribution in [0.2, 0.25) is 0 Å². The number of benzene rings is 1. The van der Waals surface area contributed by atoms with Crippen molar-refractivity contribution < 1.29 is 19.2 Å². The number of hydrogen-bond donors (Lipinski definition) is 1. The minimum absolute atomic E-state index is 0.0748. The molecule has 19 heavy (non-hydrogen) atoms. The Bertz CT molecular complexity index is 473. The largest absolute Gasteiger partial charge is 0.494 e. The molecule has 2 unspecified atom stereocenters. The number of nitrogens with zero attached hydrogens (tertiary/aromatic N) is 1. The number of carboxylic acid groups (broad SMARTS) is 1. The van der Waals surface area contributed by atoms with Crippen LogP contribution in [0.25, 0.3) is 0 Å². The number of nitriles is 1. The Morgan fingerprint density at radius 1 is 1.37 bits per heavy atom. The van der Waals surface area contributed by atoms with Gasteiger partial charge < -0.3 is 14.4 Å². The Hall–Kier alpha value is -1.84. The van der Waals surface area contributed by atoms with Gasteiger partial charge in [0.15, 0.2) is 0 Å². The third-order valence-electron chi connectivity index (χ3n) is 2.95. The molecule has 1 aliphatic heterocycles. The van der Waals surface area contributed by atoms with Crippen molar-refractivity contribution in [2.75, 3.05) is 0 Å². The lowest BCUT2D eigenvalue weighted by Crippen LogP contribution is -2.48. The Morgan fingerprint density at radius 3 is 2.68 bits per heavy atom. The van der Waals surface area contributed by atoms with Crippen molar-refractivity contribution in [3.8, 4) is 6.07 Å². The van der Waals surface area contributed by atoms with E-state index in [0.29, 0.717) is 6.42 Å². The average Bonchev–Trinajstić information content (AvgIpc) is 2.39. The molecule has 1 N–H and O–H groups in total. The van der Waals surface area contributed by atoms with Gasteiger partial charge in [0, 0.05) is 0 Å². The maximum atomic E-state index is 10.8. The van der Waals surface area contributed by atoms with Crippen LogP contribution in [0.1, 0.15) is 19.3 Å². The standard InChI is InChI=1S/C13H14BNO4/c15-7-6-11-8-12(9-13(16)17)19-14(18-11)10-4-2-1-3-5-10/h1-5,11-12H,6,8-9H2,(H,16,17). The normalized spacial score (nSPS) is 22.8. The number of rotatable bonds is 4. The highest BCUT2D eigenvalue weighted by Gasteiger charge is 2.36. The number of carbonyl (C=O) groups is 1. The van der Waals surface area contributed by atoms with Crippen LogP contribution in [0.5, 0.6) is 0 Å². The maximum absolute atomic E-state index is 10.8. The number of hydrogen-bond acceptors (Lipinski definition) is 4. The molecule has 0 aromatic heterocycles. The monoisotopic (exact) mass is 259 g/mol. The van der Waals surface area contributed by atoms with Gasteiger partial charge in [0.1, 0.15) is 0 Å². The fraction of sp³-hybridized carbons (Fsp3) is 0.385. The van der Waals surface area contributed by atoms with Gasteiger partial charge in [-0.25, -0.2) is 0 Å². The Balaban J connectivity index is 2.10. The molecule has 1 aromatic rings. The predicted octanol–water partition coefficient (Wildman–Crippen LogP) is 0.944. The minimum Gasteiger partial charge on any atom is -0.481 e. The summed E-state index contributed by atoms with van der Waals surface area (Å²) in [5.74, 6) is -0.908. The van der Waals surface area contributed by atoms with Gasteiger partial charge in [-0.15, -0.1) is 0 Å². The Kier molecular flexibility index (Phi) is 4.55. The Morgan fingerprint density at radius 2 is 2.05 bits per heavy atom. The lowest BCUT2D eigenvalue weighted by molar-refractivity contribution is -0.139. The van der Waals surface area contributed by atoms with Crippen molar-refractivity contribution >= 4 is 18.6 Å². The molecule has 5 nitrogen and oxygen atoms in total. The number of aliphatic carboxylic acids is 1. The van der Waals surface area contributed by atoms with Crippen LogP contribution in [0.15, 0.2) is 30.3 Å². The summed E-state index contributed by atoms with van der Waals surface area (Å²) in [6, 6.07) is 11.4. The first-order valence-corrected chi connectivity index (χ1v) is 6.13. The molecule has 2 rings (SSSR count). The van der Waals surface area contributed by atoms with E-state index in [-0.39, 0.29) is 18.9 Å². The van der Waals surface area contributed by atoms with Crippen LogP contribution < -0.4 is 5.46 Å². The highest BCUT2D eigenvalue weighted by atomic mass is 16.6. The summed E-state index contributed by atoms with van der Waals surface area (Å²) >= 11 is 0. The SMILES string of the molecule is N#CCC1CC(CC(=O)O)OB(c2ccccc2)O1. The van der Waals surface area contributed by atoms with Gasteiger partial charge in [-0.3, -0.25) is 4.79 Å². The molecule has 1 aromatic carbocycles. The van der Waals surface area contributed by atoms with E-state index in [1.165, 1.54) is 0 Å². The molecule has 0 spiro atoms. The smallest absolute Gasteiger partial charge is 0.481 e. The molecule has 1 heterocycles. The van der Waals surface area contributed by atoms with Crippen molar-refractivity contribution in [3.05, 3.63) is 30.3 Å². The van der Waals surface area contributed by atoms with Gasteiger partial charge in [0.05, 0.1) is 31.1 Å². The predicted molar refractivity (Wildman–Crippen MR) is 68.7 cm³/mol. The summed E-state index contributed by atoms with van der Waals surface area (Å²) in [6.45, 7) is 0. The van der Waals surface area contributed by atoms with Crippen LogP contribution in [0.4, 0.5) is 0 Å². The van der Waals surface area contributed by atoms with E-state index in [2.05, 4.69) is 6.07 Å². The molecule has 1 saturated heterocycles. The highest BCUT2D eigenvalue weighted by molar-refractivity contribution is 6.61. The van der Waals surface area contributed by atoms with Gasteiger partial charge in [-0.2, -0.15) is 5.26 Å². The van der Waals surface area contributed by atoms with E-state index in [1.807, 2.05) is 30.3 Å². The van der Waals surface area contributed by atoms with Crippen molar-refractivity contribution in [1.29, 1.82) is 5.26 Å². The van der Waals surface area contributed by atoms with E-state index in [1.54, 1.807) is 0 Å². The maximum Gasteiger partial charge on any atom is 0.494 e. The first-order valence-electron chi connectivity index (χ1n) is 6.13. The summed E-state index contributed by atoms with van der Waals surface area (Å²) in [7, 11) is -0.599. The average molecular weight is 259 g/mol.